The average Bonchev–Trinajstić information content (AvgIpc) is 2.46. The number of piperidine rings is 1. The molecule has 0 aromatic heterocycles. The molecule has 1 fully saturated rings. The molecule has 4 nitrogen and oxygen atoms in total. The van der Waals surface area contributed by atoms with Gasteiger partial charge in [0.2, 0.25) is 5.91 Å². The first kappa shape index (κ1) is 15.1. The molecule has 1 aliphatic heterocycles. The molecule has 1 aromatic rings. The molecule has 110 valence electrons. The predicted molar refractivity (Wildman–Crippen MR) is 80.2 cm³/mol. The van der Waals surface area contributed by atoms with Gasteiger partial charge in [0.25, 0.3) is 0 Å². The molecule has 0 bridgehead atoms. The van der Waals surface area contributed by atoms with Gasteiger partial charge in [-0.1, -0.05) is 11.6 Å². The summed E-state index contributed by atoms with van der Waals surface area (Å²) >= 11 is 5.81. The van der Waals surface area contributed by atoms with Crippen LogP contribution in [0.15, 0.2) is 24.3 Å². The van der Waals surface area contributed by atoms with Crippen molar-refractivity contribution in [2.45, 2.75) is 25.3 Å². The number of likely N-dealkylation sites (tertiary alicyclic amines) is 1. The summed E-state index contributed by atoms with van der Waals surface area (Å²) in [6, 6.07) is 7.66. The van der Waals surface area contributed by atoms with Crippen LogP contribution in [0.2, 0.25) is 5.02 Å². The molecule has 1 aliphatic rings. The van der Waals surface area contributed by atoms with E-state index < -0.39 is 0 Å². The first-order valence-electron chi connectivity index (χ1n) is 7.02. The molecular formula is C15H21ClN2O2. The molecule has 1 aromatic carbocycles. The lowest BCUT2D eigenvalue weighted by Gasteiger charge is -2.31. The van der Waals surface area contributed by atoms with Crippen molar-refractivity contribution in [3.05, 3.63) is 29.3 Å². The van der Waals surface area contributed by atoms with Crippen molar-refractivity contribution in [1.29, 1.82) is 0 Å². The summed E-state index contributed by atoms with van der Waals surface area (Å²) in [5.74, 6) is 1.05. The molecule has 1 N–H and O–H groups in total. The predicted octanol–water partition coefficient (Wildman–Crippen LogP) is 2.32. The second-order valence-corrected chi connectivity index (χ2v) is 5.45. The Morgan fingerprint density at radius 1 is 1.40 bits per heavy atom. The minimum Gasteiger partial charge on any atom is -0.494 e. The van der Waals surface area contributed by atoms with Crippen molar-refractivity contribution in [2.24, 2.45) is 0 Å². The summed E-state index contributed by atoms with van der Waals surface area (Å²) in [4.78, 5) is 13.8. The summed E-state index contributed by atoms with van der Waals surface area (Å²) in [5, 5.41) is 3.87. The summed E-state index contributed by atoms with van der Waals surface area (Å²) in [6.07, 6.45) is 2.48. The Labute approximate surface area is 125 Å². The van der Waals surface area contributed by atoms with Gasteiger partial charge in [-0.2, -0.15) is 0 Å². The lowest BCUT2D eigenvalue weighted by molar-refractivity contribution is -0.134. The number of hydrogen-bond acceptors (Lipinski definition) is 3. The molecule has 0 aliphatic carbocycles. The number of amides is 1. The monoisotopic (exact) mass is 296 g/mol. The van der Waals surface area contributed by atoms with Crippen molar-refractivity contribution < 1.29 is 9.53 Å². The van der Waals surface area contributed by atoms with E-state index in [1.165, 1.54) is 0 Å². The Hall–Kier alpha value is -1.26. The summed E-state index contributed by atoms with van der Waals surface area (Å²) in [5.41, 5.74) is 0. The molecule has 1 atom stereocenters. The molecule has 2 rings (SSSR count). The fourth-order valence-electron chi connectivity index (χ4n) is 2.34. The van der Waals surface area contributed by atoms with Crippen LogP contribution in [-0.4, -0.2) is 43.6 Å². The molecule has 1 saturated heterocycles. The van der Waals surface area contributed by atoms with Crippen LogP contribution in [0, 0.1) is 0 Å². The second-order valence-electron chi connectivity index (χ2n) is 5.02. The van der Waals surface area contributed by atoms with Gasteiger partial charge < -0.3 is 15.0 Å². The zero-order chi connectivity index (χ0) is 14.4. The van der Waals surface area contributed by atoms with Crippen molar-refractivity contribution in [2.75, 3.05) is 26.7 Å². The average molecular weight is 297 g/mol. The van der Waals surface area contributed by atoms with E-state index in [1.807, 2.05) is 36.2 Å². The number of benzene rings is 1. The topological polar surface area (TPSA) is 41.6 Å². The van der Waals surface area contributed by atoms with Gasteiger partial charge in [-0.05, 0) is 44.2 Å². The summed E-state index contributed by atoms with van der Waals surface area (Å²) in [6.45, 7) is 2.22. The number of nitrogens with one attached hydrogen (secondary N) is 1. The number of halogens is 1. The first-order valence-corrected chi connectivity index (χ1v) is 7.40. The molecule has 1 unspecified atom stereocenters. The maximum absolute atomic E-state index is 11.9. The van der Waals surface area contributed by atoms with E-state index in [-0.39, 0.29) is 5.91 Å². The van der Waals surface area contributed by atoms with Crippen LogP contribution in [0.1, 0.15) is 19.3 Å². The maximum atomic E-state index is 11.9. The van der Waals surface area contributed by atoms with E-state index in [0.29, 0.717) is 24.1 Å². The smallest absolute Gasteiger partial charge is 0.224 e. The highest BCUT2D eigenvalue weighted by Crippen LogP contribution is 2.16. The zero-order valence-corrected chi connectivity index (χ0v) is 12.5. The SMILES string of the molecule is CNC1CCN(CCCOc2ccc(Cl)cc2)C(=O)C1. The normalized spacial score (nSPS) is 19.2. The highest BCUT2D eigenvalue weighted by Gasteiger charge is 2.23. The zero-order valence-electron chi connectivity index (χ0n) is 11.8. The van der Waals surface area contributed by atoms with Crippen LogP contribution in [0.3, 0.4) is 0 Å². The fourth-order valence-corrected chi connectivity index (χ4v) is 2.46. The first-order chi connectivity index (χ1) is 9.69. The van der Waals surface area contributed by atoms with Gasteiger partial charge in [0.05, 0.1) is 6.61 Å². The molecule has 5 heteroatoms. The Kier molecular flexibility index (Phi) is 5.68. The molecule has 1 heterocycles. The van der Waals surface area contributed by atoms with Crippen LogP contribution < -0.4 is 10.1 Å². The molecule has 0 saturated carbocycles. The molecule has 1 amide bonds. The maximum Gasteiger partial charge on any atom is 0.224 e. The number of hydrogen-bond donors (Lipinski definition) is 1. The van der Waals surface area contributed by atoms with Gasteiger partial charge in [0.15, 0.2) is 0 Å². The highest BCUT2D eigenvalue weighted by atomic mass is 35.5. The third-order valence-corrected chi connectivity index (χ3v) is 3.84. The van der Waals surface area contributed by atoms with E-state index in [9.17, 15) is 4.79 Å². The van der Waals surface area contributed by atoms with E-state index in [0.717, 1.165) is 31.7 Å². The van der Waals surface area contributed by atoms with E-state index in [4.69, 9.17) is 16.3 Å². The van der Waals surface area contributed by atoms with Gasteiger partial charge in [-0.15, -0.1) is 0 Å². The van der Waals surface area contributed by atoms with Crippen LogP contribution in [0.5, 0.6) is 5.75 Å². The van der Waals surface area contributed by atoms with E-state index in [1.54, 1.807) is 0 Å². The van der Waals surface area contributed by atoms with Crippen LogP contribution in [-0.2, 0) is 4.79 Å². The highest BCUT2D eigenvalue weighted by molar-refractivity contribution is 6.30. The van der Waals surface area contributed by atoms with Gasteiger partial charge in [-0.25, -0.2) is 0 Å². The van der Waals surface area contributed by atoms with Crippen molar-refractivity contribution in [3.8, 4) is 5.75 Å². The molecule has 0 radical (unpaired) electrons. The van der Waals surface area contributed by atoms with Crippen molar-refractivity contribution in [1.82, 2.24) is 10.2 Å². The van der Waals surface area contributed by atoms with E-state index in [2.05, 4.69) is 5.32 Å². The third kappa shape index (κ3) is 4.39. The van der Waals surface area contributed by atoms with Crippen molar-refractivity contribution >= 4 is 17.5 Å². The van der Waals surface area contributed by atoms with Crippen LogP contribution in [0.25, 0.3) is 0 Å². The Morgan fingerprint density at radius 3 is 2.80 bits per heavy atom. The number of carbonyl (C=O) groups excluding carboxylic acids is 1. The lowest BCUT2D eigenvalue weighted by atomic mass is 10.0. The quantitative estimate of drug-likeness (QED) is 0.819. The Balaban J connectivity index is 1.66. The Bertz CT molecular complexity index is 436. The van der Waals surface area contributed by atoms with Gasteiger partial charge in [0, 0.05) is 30.6 Å². The summed E-state index contributed by atoms with van der Waals surface area (Å²) < 4.78 is 5.62. The summed E-state index contributed by atoms with van der Waals surface area (Å²) in [7, 11) is 1.91. The van der Waals surface area contributed by atoms with Crippen LogP contribution in [0.4, 0.5) is 0 Å². The van der Waals surface area contributed by atoms with Gasteiger partial charge in [-0.3, -0.25) is 4.79 Å². The largest absolute Gasteiger partial charge is 0.494 e. The third-order valence-electron chi connectivity index (χ3n) is 3.58. The molecular weight excluding hydrogens is 276 g/mol. The Morgan fingerprint density at radius 2 is 2.15 bits per heavy atom. The molecule has 20 heavy (non-hydrogen) atoms. The number of rotatable bonds is 6. The van der Waals surface area contributed by atoms with E-state index >= 15 is 0 Å². The molecule has 0 spiro atoms. The number of nitrogens with zero attached hydrogens (tertiary/aromatic N) is 1. The lowest BCUT2D eigenvalue weighted by Crippen LogP contribution is -2.45. The van der Waals surface area contributed by atoms with Crippen LogP contribution >= 0.6 is 11.6 Å². The second kappa shape index (κ2) is 7.50. The fraction of sp³-hybridized carbons (Fsp3) is 0.533. The van der Waals surface area contributed by atoms with Crippen molar-refractivity contribution in [3.63, 3.8) is 0 Å². The number of ether oxygens (including phenoxy) is 1. The minimum absolute atomic E-state index is 0.238. The minimum atomic E-state index is 0.238. The number of carbonyl (C=O) groups is 1. The van der Waals surface area contributed by atoms with Gasteiger partial charge in [0.1, 0.15) is 5.75 Å². The standard InChI is InChI=1S/C15H21ClN2O2/c1-17-13-7-9-18(15(19)11-13)8-2-10-20-14-5-3-12(16)4-6-14/h3-6,13,17H,2,7-11H2,1H3. The van der Waals surface area contributed by atoms with Gasteiger partial charge >= 0.3 is 0 Å².